The van der Waals surface area contributed by atoms with Gasteiger partial charge in [0.15, 0.2) is 0 Å². The van der Waals surface area contributed by atoms with E-state index in [0.29, 0.717) is 28.4 Å². The standard InChI is InChI=1S/C21H17N3O5S/c1-28-21(25)23-16-6-12-20(13-7-16)30(26,27)24-17-4-10-19(11-5-17)29-18-8-2-15(14-22)3-9-18/h2-13,24H,1H3,(H,23,25). The lowest BCUT2D eigenvalue weighted by Crippen LogP contribution is -2.14. The zero-order valence-corrected chi connectivity index (χ0v) is 16.6. The topological polar surface area (TPSA) is 118 Å². The lowest BCUT2D eigenvalue weighted by Gasteiger charge is -2.10. The summed E-state index contributed by atoms with van der Waals surface area (Å²) < 4.78 is 37.7. The van der Waals surface area contributed by atoms with E-state index in [1.54, 1.807) is 48.5 Å². The Morgan fingerprint density at radius 2 is 1.40 bits per heavy atom. The van der Waals surface area contributed by atoms with Gasteiger partial charge in [-0.3, -0.25) is 10.0 Å². The molecule has 1 amide bonds. The Bertz CT molecular complexity index is 1170. The van der Waals surface area contributed by atoms with Crippen molar-refractivity contribution in [3.8, 4) is 17.6 Å². The first-order chi connectivity index (χ1) is 14.4. The second-order valence-corrected chi connectivity index (χ2v) is 7.69. The fourth-order valence-corrected chi connectivity index (χ4v) is 3.48. The summed E-state index contributed by atoms with van der Waals surface area (Å²) in [7, 11) is -2.57. The molecule has 0 aromatic heterocycles. The normalized spacial score (nSPS) is 10.5. The molecule has 8 nitrogen and oxygen atoms in total. The number of ether oxygens (including phenoxy) is 2. The highest BCUT2D eigenvalue weighted by Gasteiger charge is 2.14. The summed E-state index contributed by atoms with van der Waals surface area (Å²) in [6.45, 7) is 0. The highest BCUT2D eigenvalue weighted by molar-refractivity contribution is 7.92. The van der Waals surface area contributed by atoms with Crippen LogP contribution < -0.4 is 14.8 Å². The van der Waals surface area contributed by atoms with Crippen molar-refractivity contribution in [2.45, 2.75) is 4.90 Å². The van der Waals surface area contributed by atoms with E-state index in [2.05, 4.69) is 14.8 Å². The Morgan fingerprint density at radius 3 is 1.93 bits per heavy atom. The molecule has 0 aliphatic rings. The van der Waals surface area contributed by atoms with E-state index in [1.165, 1.54) is 31.4 Å². The van der Waals surface area contributed by atoms with Crippen LogP contribution in [0.15, 0.2) is 77.7 Å². The minimum absolute atomic E-state index is 0.0378. The average molecular weight is 423 g/mol. The van der Waals surface area contributed by atoms with Crippen LogP contribution in [-0.4, -0.2) is 21.6 Å². The molecule has 0 atom stereocenters. The van der Waals surface area contributed by atoms with Gasteiger partial charge < -0.3 is 9.47 Å². The van der Waals surface area contributed by atoms with Crippen LogP contribution in [-0.2, 0) is 14.8 Å². The fourth-order valence-electron chi connectivity index (χ4n) is 2.42. The van der Waals surface area contributed by atoms with E-state index in [0.717, 1.165) is 0 Å². The summed E-state index contributed by atoms with van der Waals surface area (Å²) in [5.74, 6) is 1.07. The molecule has 0 radical (unpaired) electrons. The van der Waals surface area contributed by atoms with E-state index < -0.39 is 16.1 Å². The molecular formula is C21H17N3O5S. The molecule has 9 heteroatoms. The minimum atomic E-state index is -3.81. The number of carbonyl (C=O) groups excluding carboxylic acids is 1. The van der Waals surface area contributed by atoms with Crippen molar-refractivity contribution in [1.82, 2.24) is 0 Å². The second kappa shape index (κ2) is 8.98. The van der Waals surface area contributed by atoms with Gasteiger partial charge in [-0.2, -0.15) is 5.26 Å². The summed E-state index contributed by atoms with van der Waals surface area (Å²) in [5, 5.41) is 11.3. The maximum atomic E-state index is 12.5. The molecule has 0 saturated heterocycles. The number of benzene rings is 3. The smallest absolute Gasteiger partial charge is 0.411 e. The summed E-state index contributed by atoms with van der Waals surface area (Å²) in [4.78, 5) is 11.2. The van der Waals surface area contributed by atoms with Crippen molar-refractivity contribution in [2.75, 3.05) is 17.1 Å². The van der Waals surface area contributed by atoms with E-state index in [9.17, 15) is 13.2 Å². The molecule has 0 heterocycles. The fraction of sp³-hybridized carbons (Fsp3) is 0.0476. The van der Waals surface area contributed by atoms with Gasteiger partial charge in [0.25, 0.3) is 10.0 Å². The Hall–Kier alpha value is -4.03. The van der Waals surface area contributed by atoms with Crippen molar-refractivity contribution >= 4 is 27.5 Å². The summed E-state index contributed by atoms with van der Waals surface area (Å²) in [5.41, 5.74) is 1.30. The van der Waals surface area contributed by atoms with Gasteiger partial charge in [0, 0.05) is 11.4 Å². The van der Waals surface area contributed by atoms with Crippen LogP contribution in [0.2, 0.25) is 0 Å². The van der Waals surface area contributed by atoms with Crippen LogP contribution in [0.1, 0.15) is 5.56 Å². The Morgan fingerprint density at radius 1 is 0.867 bits per heavy atom. The molecule has 152 valence electrons. The highest BCUT2D eigenvalue weighted by Crippen LogP contribution is 2.25. The number of nitrogens with one attached hydrogen (secondary N) is 2. The third kappa shape index (κ3) is 5.27. The molecule has 2 N–H and O–H groups in total. The molecule has 0 unspecified atom stereocenters. The third-order valence-corrected chi connectivity index (χ3v) is 5.32. The second-order valence-electron chi connectivity index (χ2n) is 6.01. The predicted octanol–water partition coefficient (Wildman–Crippen LogP) is 4.33. The molecule has 0 fully saturated rings. The number of amides is 1. The predicted molar refractivity (Wildman–Crippen MR) is 111 cm³/mol. The minimum Gasteiger partial charge on any atom is -0.457 e. The Balaban J connectivity index is 1.66. The lowest BCUT2D eigenvalue weighted by molar-refractivity contribution is 0.187. The van der Waals surface area contributed by atoms with Gasteiger partial charge in [0.2, 0.25) is 0 Å². The molecule has 3 rings (SSSR count). The average Bonchev–Trinajstić information content (AvgIpc) is 2.76. The summed E-state index contributed by atoms with van der Waals surface area (Å²) in [6.07, 6.45) is -0.646. The maximum Gasteiger partial charge on any atom is 0.411 e. The molecule has 3 aromatic carbocycles. The molecule has 0 saturated carbocycles. The van der Waals surface area contributed by atoms with Crippen molar-refractivity contribution < 1.29 is 22.7 Å². The van der Waals surface area contributed by atoms with E-state index in [1.807, 2.05) is 6.07 Å². The molecule has 0 spiro atoms. The largest absolute Gasteiger partial charge is 0.457 e. The van der Waals surface area contributed by atoms with Crippen molar-refractivity contribution in [3.05, 3.63) is 78.4 Å². The number of methoxy groups -OCH3 is 1. The number of nitrogens with zero attached hydrogens (tertiary/aromatic N) is 1. The van der Waals surface area contributed by atoms with Gasteiger partial charge in [-0.15, -0.1) is 0 Å². The van der Waals surface area contributed by atoms with Crippen LogP contribution in [0.25, 0.3) is 0 Å². The monoisotopic (exact) mass is 423 g/mol. The van der Waals surface area contributed by atoms with Crippen molar-refractivity contribution in [2.24, 2.45) is 0 Å². The third-order valence-electron chi connectivity index (χ3n) is 3.92. The van der Waals surface area contributed by atoms with Gasteiger partial charge >= 0.3 is 6.09 Å². The number of hydrogen-bond acceptors (Lipinski definition) is 6. The number of anilines is 2. The van der Waals surface area contributed by atoms with Crippen LogP contribution in [0.5, 0.6) is 11.5 Å². The Labute approximate surface area is 173 Å². The number of rotatable bonds is 6. The van der Waals surface area contributed by atoms with Crippen molar-refractivity contribution in [1.29, 1.82) is 5.26 Å². The number of hydrogen-bond donors (Lipinski definition) is 2. The summed E-state index contributed by atoms with van der Waals surface area (Å²) in [6, 6.07) is 20.7. The van der Waals surface area contributed by atoms with Gasteiger partial charge in [-0.05, 0) is 72.8 Å². The number of sulfonamides is 1. The first-order valence-electron chi connectivity index (χ1n) is 8.65. The molecule has 30 heavy (non-hydrogen) atoms. The van der Waals surface area contributed by atoms with Crippen LogP contribution in [0.4, 0.5) is 16.2 Å². The summed E-state index contributed by atoms with van der Waals surface area (Å²) >= 11 is 0. The van der Waals surface area contributed by atoms with Crippen LogP contribution >= 0.6 is 0 Å². The lowest BCUT2D eigenvalue weighted by atomic mass is 10.2. The Kier molecular flexibility index (Phi) is 6.20. The van der Waals surface area contributed by atoms with Gasteiger partial charge in [-0.1, -0.05) is 0 Å². The van der Waals surface area contributed by atoms with Crippen LogP contribution in [0, 0.1) is 11.3 Å². The first-order valence-corrected chi connectivity index (χ1v) is 10.1. The zero-order chi connectivity index (χ0) is 21.6. The van der Waals surface area contributed by atoms with Crippen LogP contribution in [0.3, 0.4) is 0 Å². The maximum absolute atomic E-state index is 12.5. The van der Waals surface area contributed by atoms with Gasteiger partial charge in [0.05, 0.1) is 23.6 Å². The molecule has 0 bridgehead atoms. The highest BCUT2D eigenvalue weighted by atomic mass is 32.2. The van der Waals surface area contributed by atoms with E-state index >= 15 is 0 Å². The van der Waals surface area contributed by atoms with Crippen molar-refractivity contribution in [3.63, 3.8) is 0 Å². The SMILES string of the molecule is COC(=O)Nc1ccc(S(=O)(=O)Nc2ccc(Oc3ccc(C#N)cc3)cc2)cc1. The van der Waals surface area contributed by atoms with Gasteiger partial charge in [-0.25, -0.2) is 13.2 Å². The molecular weight excluding hydrogens is 406 g/mol. The van der Waals surface area contributed by atoms with E-state index in [4.69, 9.17) is 10.00 Å². The van der Waals surface area contributed by atoms with Gasteiger partial charge in [0.1, 0.15) is 11.5 Å². The molecule has 0 aliphatic heterocycles. The van der Waals surface area contributed by atoms with E-state index in [-0.39, 0.29) is 4.90 Å². The zero-order valence-electron chi connectivity index (χ0n) is 15.8. The molecule has 0 aliphatic carbocycles. The quantitative estimate of drug-likeness (QED) is 0.609. The number of nitriles is 1. The first kappa shape index (κ1) is 20.7. The molecule has 3 aromatic rings. The number of carbonyl (C=O) groups is 1.